The number of carbonyl (C=O) groups is 2. The van der Waals surface area contributed by atoms with Crippen LogP contribution in [-0.2, 0) is 11.3 Å². The lowest BCUT2D eigenvalue weighted by Gasteiger charge is -2.17. The van der Waals surface area contributed by atoms with Gasteiger partial charge >= 0.3 is 12.0 Å². The van der Waals surface area contributed by atoms with Gasteiger partial charge in [0.15, 0.2) is 0 Å². The van der Waals surface area contributed by atoms with Gasteiger partial charge in [-0.25, -0.2) is 4.79 Å². The molecule has 0 aliphatic rings. The first-order valence-electron chi connectivity index (χ1n) is 5.30. The van der Waals surface area contributed by atoms with Gasteiger partial charge < -0.3 is 15.7 Å². The largest absolute Gasteiger partial charge is 0.481 e. The molecule has 6 heteroatoms. The van der Waals surface area contributed by atoms with Crippen LogP contribution in [0.25, 0.3) is 0 Å². The third kappa shape index (κ3) is 4.44. The molecule has 0 aliphatic carbocycles. The smallest absolute Gasteiger partial charge is 0.315 e. The molecule has 0 bridgehead atoms. The predicted molar refractivity (Wildman–Crippen MR) is 66.0 cm³/mol. The molecule has 1 aromatic rings. The minimum absolute atomic E-state index is 0.348. The van der Waals surface area contributed by atoms with E-state index in [0.29, 0.717) is 6.54 Å². The van der Waals surface area contributed by atoms with Crippen molar-refractivity contribution in [1.82, 2.24) is 10.6 Å². The van der Waals surface area contributed by atoms with Gasteiger partial charge in [0, 0.05) is 10.9 Å². The quantitative estimate of drug-likeness (QED) is 0.749. The molecule has 2 amide bonds. The van der Waals surface area contributed by atoms with Crippen molar-refractivity contribution in [3.8, 4) is 0 Å². The Morgan fingerprint density at radius 3 is 2.71 bits per heavy atom. The van der Waals surface area contributed by atoms with Crippen LogP contribution in [0.5, 0.6) is 0 Å². The van der Waals surface area contributed by atoms with Crippen LogP contribution in [0.4, 0.5) is 4.79 Å². The Labute approximate surface area is 104 Å². The van der Waals surface area contributed by atoms with Crippen molar-refractivity contribution in [2.24, 2.45) is 5.92 Å². The summed E-state index contributed by atoms with van der Waals surface area (Å²) in [5.41, 5.74) is 0. The Morgan fingerprint density at radius 2 is 2.18 bits per heavy atom. The molecule has 0 saturated carbocycles. The van der Waals surface area contributed by atoms with E-state index >= 15 is 0 Å². The third-order valence-corrected chi connectivity index (χ3v) is 3.38. The zero-order valence-electron chi connectivity index (χ0n) is 9.77. The zero-order valence-corrected chi connectivity index (χ0v) is 10.6. The monoisotopic (exact) mass is 256 g/mol. The lowest BCUT2D eigenvalue weighted by Crippen LogP contribution is -2.44. The van der Waals surface area contributed by atoms with Gasteiger partial charge in [0.05, 0.1) is 12.5 Å². The van der Waals surface area contributed by atoms with Crippen molar-refractivity contribution in [3.63, 3.8) is 0 Å². The van der Waals surface area contributed by atoms with Crippen molar-refractivity contribution >= 4 is 23.3 Å². The molecular formula is C11H16N2O3S. The number of carboxylic acid groups (broad SMARTS) is 1. The standard InChI is InChI=1S/C11H16N2O3S/c1-7(10(14)15)8(2)13-11(16)12-6-9-4-3-5-17-9/h3-5,7-8H,6H2,1-2H3,(H,14,15)(H2,12,13,16). The summed E-state index contributed by atoms with van der Waals surface area (Å²) in [6, 6.07) is 3.08. The molecule has 1 rings (SSSR count). The van der Waals surface area contributed by atoms with Crippen LogP contribution in [0, 0.1) is 5.92 Å². The van der Waals surface area contributed by atoms with E-state index in [0.717, 1.165) is 4.88 Å². The van der Waals surface area contributed by atoms with Crippen LogP contribution in [0.3, 0.4) is 0 Å². The van der Waals surface area contributed by atoms with Gasteiger partial charge in [0.2, 0.25) is 0 Å². The number of rotatable bonds is 5. The molecule has 5 nitrogen and oxygen atoms in total. The molecule has 2 unspecified atom stereocenters. The summed E-state index contributed by atoms with van der Waals surface area (Å²) in [5, 5.41) is 16.0. The number of carbonyl (C=O) groups excluding carboxylic acids is 1. The molecule has 2 atom stereocenters. The summed E-state index contributed by atoms with van der Waals surface area (Å²) < 4.78 is 0. The average molecular weight is 256 g/mol. The summed E-state index contributed by atoms with van der Waals surface area (Å²) in [7, 11) is 0. The summed E-state index contributed by atoms with van der Waals surface area (Å²) >= 11 is 1.56. The van der Waals surface area contributed by atoms with E-state index in [-0.39, 0.29) is 6.03 Å². The molecule has 0 saturated heterocycles. The summed E-state index contributed by atoms with van der Waals surface area (Å²) in [4.78, 5) is 23.2. The Kier molecular flexibility index (Phi) is 4.96. The van der Waals surface area contributed by atoms with Crippen molar-refractivity contribution in [2.75, 3.05) is 0 Å². The summed E-state index contributed by atoms with van der Waals surface area (Å²) in [5.74, 6) is -1.53. The maximum Gasteiger partial charge on any atom is 0.315 e. The van der Waals surface area contributed by atoms with Crippen LogP contribution in [0.1, 0.15) is 18.7 Å². The molecule has 0 spiro atoms. The Bertz CT molecular complexity index is 378. The van der Waals surface area contributed by atoms with Gasteiger partial charge in [-0.15, -0.1) is 11.3 Å². The lowest BCUT2D eigenvalue weighted by atomic mass is 10.0. The second kappa shape index (κ2) is 6.24. The van der Waals surface area contributed by atoms with Gasteiger partial charge in [-0.2, -0.15) is 0 Å². The zero-order chi connectivity index (χ0) is 12.8. The van der Waals surface area contributed by atoms with Gasteiger partial charge in [0.1, 0.15) is 0 Å². The SMILES string of the molecule is CC(NC(=O)NCc1cccs1)C(C)C(=O)O. The van der Waals surface area contributed by atoms with Crippen molar-refractivity contribution in [2.45, 2.75) is 26.4 Å². The minimum Gasteiger partial charge on any atom is -0.481 e. The number of hydrogen-bond donors (Lipinski definition) is 3. The van der Waals surface area contributed by atoms with E-state index in [1.165, 1.54) is 0 Å². The molecular weight excluding hydrogens is 240 g/mol. The number of aliphatic carboxylic acids is 1. The number of carboxylic acids is 1. The molecule has 0 aromatic carbocycles. The van der Waals surface area contributed by atoms with E-state index < -0.39 is 17.9 Å². The normalized spacial score (nSPS) is 13.8. The Hall–Kier alpha value is -1.56. The maximum atomic E-state index is 11.5. The van der Waals surface area contributed by atoms with Crippen LogP contribution < -0.4 is 10.6 Å². The van der Waals surface area contributed by atoms with Crippen LogP contribution >= 0.6 is 11.3 Å². The molecule has 1 heterocycles. The molecule has 17 heavy (non-hydrogen) atoms. The Balaban J connectivity index is 2.32. The van der Waals surface area contributed by atoms with Crippen molar-refractivity contribution in [3.05, 3.63) is 22.4 Å². The molecule has 0 aliphatic heterocycles. The van der Waals surface area contributed by atoms with Gasteiger partial charge in [-0.3, -0.25) is 4.79 Å². The van der Waals surface area contributed by atoms with Gasteiger partial charge in [-0.1, -0.05) is 6.07 Å². The van der Waals surface area contributed by atoms with Crippen molar-refractivity contribution < 1.29 is 14.7 Å². The van der Waals surface area contributed by atoms with Crippen molar-refractivity contribution in [1.29, 1.82) is 0 Å². The van der Waals surface area contributed by atoms with E-state index in [1.807, 2.05) is 17.5 Å². The number of hydrogen-bond acceptors (Lipinski definition) is 3. The molecule has 0 radical (unpaired) electrons. The summed E-state index contributed by atoms with van der Waals surface area (Å²) in [6.07, 6.45) is 0. The molecule has 3 N–H and O–H groups in total. The molecule has 1 aromatic heterocycles. The third-order valence-electron chi connectivity index (χ3n) is 2.50. The van der Waals surface area contributed by atoms with E-state index in [9.17, 15) is 9.59 Å². The molecule has 0 fully saturated rings. The van der Waals surface area contributed by atoms with E-state index in [2.05, 4.69) is 10.6 Å². The maximum absolute atomic E-state index is 11.5. The van der Waals surface area contributed by atoms with Crippen LogP contribution in [0.2, 0.25) is 0 Å². The Morgan fingerprint density at radius 1 is 1.47 bits per heavy atom. The topological polar surface area (TPSA) is 78.4 Å². The number of nitrogens with one attached hydrogen (secondary N) is 2. The fourth-order valence-corrected chi connectivity index (χ4v) is 1.82. The first-order chi connectivity index (χ1) is 8.00. The highest BCUT2D eigenvalue weighted by molar-refractivity contribution is 7.09. The second-order valence-corrected chi connectivity index (χ2v) is 4.85. The second-order valence-electron chi connectivity index (χ2n) is 3.82. The highest BCUT2D eigenvalue weighted by atomic mass is 32.1. The van der Waals surface area contributed by atoms with E-state index in [4.69, 9.17) is 5.11 Å². The first kappa shape index (κ1) is 13.5. The first-order valence-corrected chi connectivity index (χ1v) is 6.18. The fourth-order valence-electron chi connectivity index (χ4n) is 1.18. The predicted octanol–water partition coefficient (Wildman–Crippen LogP) is 1.66. The lowest BCUT2D eigenvalue weighted by molar-refractivity contribution is -0.141. The number of amides is 2. The number of urea groups is 1. The summed E-state index contributed by atoms with van der Waals surface area (Å²) in [6.45, 7) is 3.69. The van der Waals surface area contributed by atoms with Crippen LogP contribution in [-0.4, -0.2) is 23.1 Å². The highest BCUT2D eigenvalue weighted by Crippen LogP contribution is 2.07. The van der Waals surface area contributed by atoms with E-state index in [1.54, 1.807) is 25.2 Å². The minimum atomic E-state index is -0.920. The van der Waals surface area contributed by atoms with Gasteiger partial charge in [-0.05, 0) is 25.3 Å². The molecule has 94 valence electrons. The number of thiophene rings is 1. The van der Waals surface area contributed by atoms with Crippen LogP contribution in [0.15, 0.2) is 17.5 Å². The fraction of sp³-hybridized carbons (Fsp3) is 0.455. The average Bonchev–Trinajstić information content (AvgIpc) is 2.77. The van der Waals surface area contributed by atoms with Gasteiger partial charge in [0.25, 0.3) is 0 Å². The highest BCUT2D eigenvalue weighted by Gasteiger charge is 2.20.